The minimum atomic E-state index is -0.310. The van der Waals surface area contributed by atoms with Crippen molar-refractivity contribution in [2.24, 2.45) is 0 Å². The van der Waals surface area contributed by atoms with Crippen LogP contribution in [0.3, 0.4) is 0 Å². The van der Waals surface area contributed by atoms with E-state index in [1.807, 2.05) is 68.4 Å². The molecule has 4 aromatic rings. The van der Waals surface area contributed by atoms with E-state index in [1.54, 1.807) is 12.3 Å². The SMILES string of the molecule is Cc1cc(C)nc(CNc2ccc(NC(=O)Nc3ccnc4ccccc34)cc2)n1. The first-order valence-electron chi connectivity index (χ1n) is 9.64. The number of anilines is 3. The quantitative estimate of drug-likeness (QED) is 0.445. The van der Waals surface area contributed by atoms with Crippen molar-refractivity contribution in [3.05, 3.63) is 84.1 Å². The molecule has 0 aliphatic heterocycles. The second kappa shape index (κ2) is 8.57. The molecule has 30 heavy (non-hydrogen) atoms. The third-order valence-electron chi connectivity index (χ3n) is 4.52. The minimum absolute atomic E-state index is 0.310. The molecule has 7 nitrogen and oxygen atoms in total. The van der Waals surface area contributed by atoms with E-state index in [0.717, 1.165) is 33.8 Å². The van der Waals surface area contributed by atoms with E-state index in [4.69, 9.17) is 0 Å². The van der Waals surface area contributed by atoms with Crippen molar-refractivity contribution in [1.29, 1.82) is 0 Å². The fourth-order valence-corrected chi connectivity index (χ4v) is 3.22. The third kappa shape index (κ3) is 4.70. The Balaban J connectivity index is 1.36. The summed E-state index contributed by atoms with van der Waals surface area (Å²) in [5.41, 5.74) is 5.06. The van der Waals surface area contributed by atoms with Crippen LogP contribution in [0.1, 0.15) is 17.2 Å². The predicted molar refractivity (Wildman–Crippen MR) is 120 cm³/mol. The van der Waals surface area contributed by atoms with Gasteiger partial charge in [-0.1, -0.05) is 18.2 Å². The van der Waals surface area contributed by atoms with Gasteiger partial charge in [-0.05, 0) is 56.3 Å². The number of urea groups is 1. The number of aromatic nitrogens is 3. The zero-order valence-electron chi connectivity index (χ0n) is 16.8. The molecule has 0 radical (unpaired) electrons. The summed E-state index contributed by atoms with van der Waals surface area (Å²) in [4.78, 5) is 25.6. The molecular formula is C23H22N6O. The summed E-state index contributed by atoms with van der Waals surface area (Å²) >= 11 is 0. The van der Waals surface area contributed by atoms with Crippen molar-refractivity contribution in [2.75, 3.05) is 16.0 Å². The number of amides is 2. The lowest BCUT2D eigenvalue weighted by Gasteiger charge is -2.11. The van der Waals surface area contributed by atoms with Crippen LogP contribution in [-0.4, -0.2) is 21.0 Å². The van der Waals surface area contributed by atoms with E-state index in [-0.39, 0.29) is 6.03 Å². The van der Waals surface area contributed by atoms with Crippen molar-refractivity contribution in [1.82, 2.24) is 15.0 Å². The number of carbonyl (C=O) groups excluding carboxylic acids is 1. The molecule has 2 heterocycles. The van der Waals surface area contributed by atoms with Crippen LogP contribution in [0.2, 0.25) is 0 Å². The highest BCUT2D eigenvalue weighted by Gasteiger charge is 2.07. The fraction of sp³-hybridized carbons (Fsp3) is 0.130. The number of nitrogens with zero attached hydrogens (tertiary/aromatic N) is 3. The number of hydrogen-bond donors (Lipinski definition) is 3. The number of para-hydroxylation sites is 1. The van der Waals surface area contributed by atoms with Gasteiger partial charge >= 0.3 is 6.03 Å². The van der Waals surface area contributed by atoms with Crippen molar-refractivity contribution in [3.63, 3.8) is 0 Å². The van der Waals surface area contributed by atoms with E-state index in [0.29, 0.717) is 17.9 Å². The van der Waals surface area contributed by atoms with Crippen LogP contribution < -0.4 is 16.0 Å². The van der Waals surface area contributed by atoms with Crippen LogP contribution in [0.15, 0.2) is 66.9 Å². The summed E-state index contributed by atoms with van der Waals surface area (Å²) in [5.74, 6) is 0.749. The maximum atomic E-state index is 12.4. The average Bonchev–Trinajstić information content (AvgIpc) is 2.73. The number of nitrogens with one attached hydrogen (secondary N) is 3. The summed E-state index contributed by atoms with van der Waals surface area (Å²) in [7, 11) is 0. The van der Waals surface area contributed by atoms with Gasteiger partial charge in [0.1, 0.15) is 5.82 Å². The number of pyridine rings is 1. The number of hydrogen-bond acceptors (Lipinski definition) is 5. The lowest BCUT2D eigenvalue weighted by atomic mass is 10.2. The maximum absolute atomic E-state index is 12.4. The molecule has 0 atom stereocenters. The Morgan fingerprint density at radius 2 is 1.57 bits per heavy atom. The largest absolute Gasteiger partial charge is 0.378 e. The van der Waals surface area contributed by atoms with E-state index in [9.17, 15) is 4.79 Å². The highest BCUT2D eigenvalue weighted by Crippen LogP contribution is 2.21. The van der Waals surface area contributed by atoms with Gasteiger partial charge in [0.05, 0.1) is 17.7 Å². The van der Waals surface area contributed by atoms with Crippen LogP contribution in [0.25, 0.3) is 10.9 Å². The molecule has 0 saturated heterocycles. The second-order valence-electron chi connectivity index (χ2n) is 6.95. The topological polar surface area (TPSA) is 91.8 Å². The molecule has 0 saturated carbocycles. The first-order chi connectivity index (χ1) is 14.6. The Morgan fingerprint density at radius 1 is 0.867 bits per heavy atom. The van der Waals surface area contributed by atoms with Gasteiger partial charge < -0.3 is 16.0 Å². The van der Waals surface area contributed by atoms with Crippen LogP contribution in [0.5, 0.6) is 0 Å². The van der Waals surface area contributed by atoms with Gasteiger partial charge in [0, 0.05) is 34.3 Å². The van der Waals surface area contributed by atoms with E-state index >= 15 is 0 Å². The van der Waals surface area contributed by atoms with Crippen molar-refractivity contribution < 1.29 is 4.79 Å². The van der Waals surface area contributed by atoms with Crippen LogP contribution in [0, 0.1) is 13.8 Å². The molecule has 2 amide bonds. The van der Waals surface area contributed by atoms with Gasteiger partial charge in [0.25, 0.3) is 0 Å². The smallest absolute Gasteiger partial charge is 0.323 e. The molecule has 0 aliphatic rings. The van der Waals surface area contributed by atoms with Gasteiger partial charge in [-0.3, -0.25) is 4.98 Å². The number of aryl methyl sites for hydroxylation is 2. The van der Waals surface area contributed by atoms with Crippen LogP contribution >= 0.6 is 0 Å². The van der Waals surface area contributed by atoms with E-state index in [1.165, 1.54) is 0 Å². The fourth-order valence-electron chi connectivity index (χ4n) is 3.22. The van der Waals surface area contributed by atoms with Crippen LogP contribution in [-0.2, 0) is 6.54 Å². The molecule has 3 N–H and O–H groups in total. The Labute approximate surface area is 174 Å². The maximum Gasteiger partial charge on any atom is 0.323 e. The van der Waals surface area contributed by atoms with Gasteiger partial charge in [0.2, 0.25) is 0 Å². The summed E-state index contributed by atoms with van der Waals surface area (Å²) in [5, 5.41) is 9.92. The lowest BCUT2D eigenvalue weighted by Crippen LogP contribution is -2.19. The zero-order valence-corrected chi connectivity index (χ0v) is 16.8. The third-order valence-corrected chi connectivity index (χ3v) is 4.52. The lowest BCUT2D eigenvalue weighted by molar-refractivity contribution is 0.262. The summed E-state index contributed by atoms with van der Waals surface area (Å²) in [6, 6.07) is 18.6. The Hall–Kier alpha value is -4.00. The average molecular weight is 398 g/mol. The highest BCUT2D eigenvalue weighted by atomic mass is 16.2. The first-order valence-corrected chi connectivity index (χ1v) is 9.64. The molecule has 2 aromatic heterocycles. The molecule has 2 aromatic carbocycles. The molecule has 4 rings (SSSR count). The van der Waals surface area contributed by atoms with Gasteiger partial charge in [-0.25, -0.2) is 14.8 Å². The summed E-state index contributed by atoms with van der Waals surface area (Å²) in [6.07, 6.45) is 1.68. The van der Waals surface area contributed by atoms with Crippen molar-refractivity contribution in [3.8, 4) is 0 Å². The van der Waals surface area contributed by atoms with Gasteiger partial charge in [-0.15, -0.1) is 0 Å². The zero-order chi connectivity index (χ0) is 20.9. The predicted octanol–water partition coefficient (Wildman–Crippen LogP) is 4.90. The molecule has 0 spiro atoms. The van der Waals surface area contributed by atoms with E-state index < -0.39 is 0 Å². The molecule has 150 valence electrons. The molecular weight excluding hydrogens is 376 g/mol. The summed E-state index contributed by atoms with van der Waals surface area (Å²) < 4.78 is 0. The normalized spacial score (nSPS) is 10.6. The van der Waals surface area contributed by atoms with Crippen molar-refractivity contribution >= 4 is 34.0 Å². The minimum Gasteiger partial charge on any atom is -0.378 e. The molecule has 0 aliphatic carbocycles. The summed E-state index contributed by atoms with van der Waals surface area (Å²) in [6.45, 7) is 4.45. The number of fused-ring (bicyclic) bond motifs is 1. The number of rotatable bonds is 5. The van der Waals surface area contributed by atoms with E-state index in [2.05, 4.69) is 30.9 Å². The number of carbonyl (C=O) groups is 1. The standard InChI is InChI=1S/C23H22N6O/c1-15-13-16(2)27-22(26-15)14-25-17-7-9-18(10-8-17)28-23(30)29-21-11-12-24-20-6-4-3-5-19(20)21/h3-13,25H,14H2,1-2H3,(H2,24,28,29,30). The monoisotopic (exact) mass is 398 g/mol. The van der Waals surface area contributed by atoms with Gasteiger partial charge in [0.15, 0.2) is 0 Å². The first kappa shape index (κ1) is 19.3. The van der Waals surface area contributed by atoms with Gasteiger partial charge in [-0.2, -0.15) is 0 Å². The molecule has 7 heteroatoms. The molecule has 0 unspecified atom stereocenters. The number of benzene rings is 2. The van der Waals surface area contributed by atoms with Crippen LogP contribution in [0.4, 0.5) is 21.9 Å². The molecule has 0 bridgehead atoms. The Bertz CT molecular complexity index is 1160. The Morgan fingerprint density at radius 3 is 2.33 bits per heavy atom. The van der Waals surface area contributed by atoms with Crippen molar-refractivity contribution in [2.45, 2.75) is 20.4 Å². The highest BCUT2D eigenvalue weighted by molar-refractivity contribution is 6.05. The molecule has 0 fully saturated rings. The Kier molecular flexibility index (Phi) is 5.52. The second-order valence-corrected chi connectivity index (χ2v) is 6.95.